The third-order valence-corrected chi connectivity index (χ3v) is 4.86. The van der Waals surface area contributed by atoms with E-state index in [9.17, 15) is 5.26 Å². The summed E-state index contributed by atoms with van der Waals surface area (Å²) in [6.45, 7) is 0.540. The van der Waals surface area contributed by atoms with Crippen LogP contribution in [0.3, 0.4) is 0 Å². The zero-order valence-corrected chi connectivity index (χ0v) is 16.3. The number of aromatic nitrogens is 3. The Morgan fingerprint density at radius 2 is 1.76 bits per heavy atom. The SMILES string of the molecule is N#CC(=Cc1cn(Cc2ccccc2Cl)nc1-c1ccccc1)c1ccccn1. The summed E-state index contributed by atoms with van der Waals surface area (Å²) in [5.74, 6) is 0. The fourth-order valence-electron chi connectivity index (χ4n) is 3.09. The van der Waals surface area contributed by atoms with Crippen LogP contribution in [0.15, 0.2) is 85.2 Å². The Bertz CT molecular complexity index is 1190. The molecule has 4 aromatic rings. The van der Waals surface area contributed by atoms with Crippen molar-refractivity contribution in [1.29, 1.82) is 5.26 Å². The minimum Gasteiger partial charge on any atom is -0.267 e. The molecular weight excluding hydrogens is 380 g/mol. The maximum Gasteiger partial charge on any atom is 0.101 e. The van der Waals surface area contributed by atoms with Gasteiger partial charge >= 0.3 is 0 Å². The molecule has 2 heterocycles. The first kappa shape index (κ1) is 18.7. The summed E-state index contributed by atoms with van der Waals surface area (Å²) >= 11 is 6.32. The van der Waals surface area contributed by atoms with E-state index in [1.807, 2.05) is 89.8 Å². The molecule has 4 rings (SSSR count). The highest BCUT2D eigenvalue weighted by Crippen LogP contribution is 2.27. The third kappa shape index (κ3) is 4.26. The number of nitrogens with zero attached hydrogens (tertiary/aromatic N) is 4. The normalized spacial score (nSPS) is 11.2. The summed E-state index contributed by atoms with van der Waals surface area (Å²) in [6, 6.07) is 25.4. The van der Waals surface area contributed by atoms with Crippen LogP contribution in [0.5, 0.6) is 0 Å². The summed E-state index contributed by atoms with van der Waals surface area (Å²) in [7, 11) is 0. The Balaban J connectivity index is 1.80. The Morgan fingerprint density at radius 3 is 2.48 bits per heavy atom. The summed E-state index contributed by atoms with van der Waals surface area (Å²) in [4.78, 5) is 4.30. The monoisotopic (exact) mass is 396 g/mol. The van der Waals surface area contributed by atoms with Crippen LogP contribution < -0.4 is 0 Å². The van der Waals surface area contributed by atoms with Crippen LogP contribution in [0, 0.1) is 11.3 Å². The molecule has 0 radical (unpaired) electrons. The van der Waals surface area contributed by atoms with Gasteiger partial charge in [-0.2, -0.15) is 10.4 Å². The summed E-state index contributed by atoms with van der Waals surface area (Å²) in [5.41, 5.74) is 4.74. The van der Waals surface area contributed by atoms with Crippen molar-refractivity contribution in [3.05, 3.63) is 107 Å². The van der Waals surface area contributed by atoms with Gasteiger partial charge in [0.15, 0.2) is 0 Å². The Labute approximate surface area is 174 Å². The molecule has 2 aromatic heterocycles. The quantitative estimate of drug-likeness (QED) is 0.406. The molecule has 5 heteroatoms. The number of nitriles is 1. The van der Waals surface area contributed by atoms with Gasteiger partial charge in [-0.3, -0.25) is 9.67 Å². The van der Waals surface area contributed by atoms with E-state index in [1.54, 1.807) is 6.20 Å². The van der Waals surface area contributed by atoms with Gasteiger partial charge in [0.25, 0.3) is 0 Å². The smallest absolute Gasteiger partial charge is 0.101 e. The van der Waals surface area contributed by atoms with E-state index in [-0.39, 0.29) is 0 Å². The highest BCUT2D eigenvalue weighted by atomic mass is 35.5. The number of rotatable bonds is 5. The highest BCUT2D eigenvalue weighted by Gasteiger charge is 2.13. The first-order valence-electron chi connectivity index (χ1n) is 9.14. The van der Waals surface area contributed by atoms with Gasteiger partial charge in [0.05, 0.1) is 23.5 Å². The van der Waals surface area contributed by atoms with Gasteiger partial charge in [0, 0.05) is 28.5 Å². The molecule has 0 amide bonds. The van der Waals surface area contributed by atoms with Crippen LogP contribution in [0.1, 0.15) is 16.8 Å². The lowest BCUT2D eigenvalue weighted by molar-refractivity contribution is 0.689. The first-order valence-corrected chi connectivity index (χ1v) is 9.52. The number of hydrogen-bond acceptors (Lipinski definition) is 3. The van der Waals surface area contributed by atoms with E-state index in [0.29, 0.717) is 22.8 Å². The van der Waals surface area contributed by atoms with Crippen LogP contribution in [-0.2, 0) is 6.54 Å². The summed E-state index contributed by atoms with van der Waals surface area (Å²) in [5, 5.41) is 15.2. The van der Waals surface area contributed by atoms with Gasteiger partial charge in [-0.25, -0.2) is 0 Å². The molecule has 0 aliphatic rings. The molecule has 0 aliphatic heterocycles. The molecule has 0 atom stereocenters. The minimum atomic E-state index is 0.486. The molecule has 2 aromatic carbocycles. The topological polar surface area (TPSA) is 54.5 Å². The minimum absolute atomic E-state index is 0.486. The first-order chi connectivity index (χ1) is 14.2. The van der Waals surface area contributed by atoms with Crippen LogP contribution >= 0.6 is 11.6 Å². The van der Waals surface area contributed by atoms with Gasteiger partial charge in [0.2, 0.25) is 0 Å². The van der Waals surface area contributed by atoms with E-state index in [2.05, 4.69) is 11.1 Å². The van der Waals surface area contributed by atoms with E-state index in [0.717, 1.165) is 22.4 Å². The number of pyridine rings is 1. The molecule has 4 nitrogen and oxygen atoms in total. The predicted octanol–water partition coefficient (Wildman–Crippen LogP) is 5.71. The molecule has 0 spiro atoms. The van der Waals surface area contributed by atoms with Crippen molar-refractivity contribution in [2.45, 2.75) is 6.54 Å². The van der Waals surface area contributed by atoms with E-state index in [1.165, 1.54) is 0 Å². The molecule has 0 saturated carbocycles. The molecule has 0 saturated heterocycles. The molecule has 0 aliphatic carbocycles. The van der Waals surface area contributed by atoms with Crippen molar-refractivity contribution in [3.63, 3.8) is 0 Å². The molecule has 0 unspecified atom stereocenters. The Morgan fingerprint density at radius 1 is 1.00 bits per heavy atom. The van der Waals surface area contributed by atoms with Crippen LogP contribution in [0.25, 0.3) is 22.9 Å². The average Bonchev–Trinajstić information content (AvgIpc) is 3.17. The fourth-order valence-corrected chi connectivity index (χ4v) is 3.28. The second kappa shape index (κ2) is 8.55. The zero-order valence-electron chi connectivity index (χ0n) is 15.5. The van der Waals surface area contributed by atoms with Crippen molar-refractivity contribution < 1.29 is 0 Å². The maximum atomic E-state index is 9.68. The molecule has 29 heavy (non-hydrogen) atoms. The highest BCUT2D eigenvalue weighted by molar-refractivity contribution is 6.31. The lowest BCUT2D eigenvalue weighted by atomic mass is 10.0. The van der Waals surface area contributed by atoms with Crippen molar-refractivity contribution >= 4 is 23.3 Å². The number of allylic oxidation sites excluding steroid dienone is 1. The second-order valence-corrected chi connectivity index (χ2v) is 6.88. The van der Waals surface area contributed by atoms with Gasteiger partial charge in [-0.15, -0.1) is 0 Å². The molecule has 140 valence electrons. The Kier molecular flexibility index (Phi) is 5.51. The van der Waals surface area contributed by atoms with Gasteiger partial charge in [-0.1, -0.05) is 66.2 Å². The van der Waals surface area contributed by atoms with E-state index < -0.39 is 0 Å². The van der Waals surface area contributed by atoms with Crippen molar-refractivity contribution in [2.24, 2.45) is 0 Å². The van der Waals surface area contributed by atoms with Crippen molar-refractivity contribution in [2.75, 3.05) is 0 Å². The van der Waals surface area contributed by atoms with E-state index in [4.69, 9.17) is 16.7 Å². The van der Waals surface area contributed by atoms with Crippen LogP contribution in [-0.4, -0.2) is 14.8 Å². The molecule has 0 fully saturated rings. The maximum absolute atomic E-state index is 9.68. The zero-order chi connectivity index (χ0) is 20.1. The summed E-state index contributed by atoms with van der Waals surface area (Å²) < 4.78 is 1.85. The lowest BCUT2D eigenvalue weighted by Gasteiger charge is -2.04. The van der Waals surface area contributed by atoms with Crippen LogP contribution in [0.4, 0.5) is 0 Å². The number of halogens is 1. The fraction of sp³-hybridized carbons (Fsp3) is 0.0417. The second-order valence-electron chi connectivity index (χ2n) is 6.47. The van der Waals surface area contributed by atoms with Crippen molar-refractivity contribution in [3.8, 4) is 17.3 Å². The van der Waals surface area contributed by atoms with Crippen molar-refractivity contribution in [1.82, 2.24) is 14.8 Å². The van der Waals surface area contributed by atoms with Crippen LogP contribution in [0.2, 0.25) is 5.02 Å². The van der Waals surface area contributed by atoms with Gasteiger partial charge in [0.1, 0.15) is 6.07 Å². The Hall–Kier alpha value is -3.68. The molecule has 0 N–H and O–H groups in total. The number of hydrogen-bond donors (Lipinski definition) is 0. The standard InChI is InChI=1S/C24H17ClN4/c25-22-11-5-4-10-19(22)16-29-17-21(24(28-29)18-8-2-1-3-9-18)14-20(15-26)23-12-6-7-13-27-23/h1-14,17H,16H2. The molecular formula is C24H17ClN4. The number of benzene rings is 2. The van der Waals surface area contributed by atoms with Gasteiger partial charge < -0.3 is 0 Å². The average molecular weight is 397 g/mol. The summed E-state index contributed by atoms with van der Waals surface area (Å²) in [6.07, 6.45) is 5.45. The lowest BCUT2D eigenvalue weighted by Crippen LogP contribution is -2.00. The largest absolute Gasteiger partial charge is 0.267 e. The predicted molar refractivity (Wildman–Crippen MR) is 116 cm³/mol. The van der Waals surface area contributed by atoms with Gasteiger partial charge in [-0.05, 0) is 29.8 Å². The third-order valence-electron chi connectivity index (χ3n) is 4.49. The van der Waals surface area contributed by atoms with E-state index >= 15 is 0 Å². The molecule has 0 bridgehead atoms.